The zero-order chi connectivity index (χ0) is 48.1. The first kappa shape index (κ1) is 51.3. The Balaban J connectivity index is 0.000000205. The fourth-order valence-corrected chi connectivity index (χ4v) is 5.91. The minimum Gasteiger partial charge on any atom is -1.00 e. The van der Waals surface area contributed by atoms with Gasteiger partial charge in [-0.25, -0.2) is 4.52 Å². The molecule has 0 atom stereocenters. The number of hydrogen-bond donors (Lipinski definition) is 6. The number of aromatic nitrogens is 4. The van der Waals surface area contributed by atoms with Crippen LogP contribution in [-0.4, -0.2) is 61.0 Å². The summed E-state index contributed by atoms with van der Waals surface area (Å²) in [5.74, 6) is 2.04. The Hall–Kier alpha value is -8.36. The van der Waals surface area contributed by atoms with Crippen molar-refractivity contribution in [3.8, 4) is 86.3 Å². The van der Waals surface area contributed by atoms with Crippen molar-refractivity contribution < 1.29 is 66.1 Å². The molecule has 0 spiro atoms. The van der Waals surface area contributed by atoms with Crippen LogP contribution in [0.4, 0.5) is 0 Å². The van der Waals surface area contributed by atoms with Crippen LogP contribution in [0.3, 0.4) is 0 Å². The number of phenolic OH excluding ortho intramolecular Hbond substituents is 4. The van der Waals surface area contributed by atoms with Gasteiger partial charge < -0.3 is 62.3 Å². The number of nitrogens with two attached hydrogens (primary N) is 1. The third-order valence-corrected chi connectivity index (χ3v) is 10.3. The fourth-order valence-electron chi connectivity index (χ4n) is 5.91. The van der Waals surface area contributed by atoms with Gasteiger partial charge in [0.15, 0.2) is 45.5 Å². The number of methoxy groups -OCH3 is 2. The van der Waals surface area contributed by atoms with Crippen molar-refractivity contribution in [3.63, 3.8) is 0 Å². The molecule has 0 unspecified atom stereocenters. The second-order valence-corrected chi connectivity index (χ2v) is 14.9. The molecule has 346 valence electrons. The molecule has 17 heteroatoms. The van der Waals surface area contributed by atoms with Gasteiger partial charge in [0.25, 0.3) is 5.89 Å². The molecule has 67 heavy (non-hydrogen) atoms. The highest BCUT2D eigenvalue weighted by Crippen LogP contribution is 2.33. The van der Waals surface area contributed by atoms with Crippen molar-refractivity contribution in [2.75, 3.05) is 14.2 Å². The van der Waals surface area contributed by atoms with Crippen molar-refractivity contribution in [1.82, 2.24) is 15.3 Å². The Bertz CT molecular complexity index is 2970. The van der Waals surface area contributed by atoms with Crippen LogP contribution >= 0.6 is 0 Å². The molecule has 0 bridgehead atoms. The summed E-state index contributed by atoms with van der Waals surface area (Å²) in [4.78, 5) is 7.35. The zero-order valence-electron chi connectivity index (χ0n) is 38.0. The van der Waals surface area contributed by atoms with E-state index in [0.29, 0.717) is 40.2 Å². The van der Waals surface area contributed by atoms with Gasteiger partial charge in [-0.1, -0.05) is 40.6 Å². The molecule has 8 aromatic rings. The minimum atomic E-state index is -0.277. The van der Waals surface area contributed by atoms with Crippen molar-refractivity contribution in [1.29, 1.82) is 5.26 Å². The smallest absolute Gasteiger partial charge is 0.378 e. The van der Waals surface area contributed by atoms with Gasteiger partial charge in [-0.05, 0) is 154 Å². The van der Waals surface area contributed by atoms with Crippen LogP contribution in [0.5, 0.6) is 34.5 Å². The van der Waals surface area contributed by atoms with E-state index in [-0.39, 0.29) is 51.7 Å². The number of oxime groups is 1. The first-order valence-corrected chi connectivity index (χ1v) is 20.2. The molecule has 2 aromatic heterocycles. The summed E-state index contributed by atoms with van der Waals surface area (Å²) in [7, 11) is 3.19. The van der Waals surface area contributed by atoms with E-state index in [4.69, 9.17) is 34.7 Å². The van der Waals surface area contributed by atoms with Gasteiger partial charge in [0, 0.05) is 16.7 Å². The Morgan fingerprint density at radius 3 is 1.72 bits per heavy atom. The number of phenols is 4. The topological polar surface area (TPSA) is 261 Å². The number of nitriles is 1. The number of aromatic amines is 1. The number of nitrogens with zero attached hydrogens (tertiary/aromatic N) is 5. The van der Waals surface area contributed by atoms with E-state index in [1.807, 2.05) is 88.4 Å². The van der Waals surface area contributed by atoms with E-state index in [0.717, 1.165) is 27.8 Å². The third-order valence-electron chi connectivity index (χ3n) is 10.3. The van der Waals surface area contributed by atoms with Crippen LogP contribution in [0.1, 0.15) is 44.5 Å². The molecule has 0 radical (unpaired) electrons. The molecule has 0 saturated heterocycles. The van der Waals surface area contributed by atoms with Gasteiger partial charge in [-0.15, -0.1) is 0 Å². The second kappa shape index (κ2) is 23.5. The zero-order valence-corrected chi connectivity index (χ0v) is 39.5. The lowest BCUT2D eigenvalue weighted by molar-refractivity contribution is -0.356. The van der Waals surface area contributed by atoms with Crippen LogP contribution < -0.4 is 37.2 Å². The maximum absolute atomic E-state index is 9.47. The fraction of sp³-hybridized carbons (Fsp3) is 0.160. The first-order valence-electron chi connectivity index (χ1n) is 20.2. The van der Waals surface area contributed by atoms with E-state index in [9.17, 15) is 20.4 Å². The Morgan fingerprint density at radius 2 is 1.15 bits per heavy atom. The monoisotopic (exact) mass is 971 g/mol. The molecule has 2 heterocycles. The molecule has 0 saturated carbocycles. The maximum Gasteiger partial charge on any atom is 0.378 e. The molecule has 8 rings (SSSR count). The number of halogens is 1. The number of H-pyrrole nitrogens is 1. The summed E-state index contributed by atoms with van der Waals surface area (Å²) in [5, 5.41) is 65.2. The normalized spacial score (nSPS) is 10.4. The number of aryl methyl sites for hydroxylation is 6. The van der Waals surface area contributed by atoms with E-state index in [1.54, 1.807) is 26.4 Å². The number of amidine groups is 1. The number of aromatic hydroxyl groups is 4. The molecule has 0 aliphatic rings. The highest BCUT2D eigenvalue weighted by atomic mass is 79.9. The molecule has 8 N–H and O–H groups in total. The Kier molecular flexibility index (Phi) is 18.0. The molecule has 0 amide bonds. The number of benzene rings is 6. The molecular weight excluding hydrogens is 922 g/mol. The lowest BCUT2D eigenvalue weighted by Gasteiger charge is -2.07. The first-order chi connectivity index (χ1) is 31.5. The largest absolute Gasteiger partial charge is 1.00 e. The van der Waals surface area contributed by atoms with E-state index >= 15 is 0 Å². The number of nitrogens with one attached hydrogen (secondary N) is 1. The summed E-state index contributed by atoms with van der Waals surface area (Å²) < 4.78 is 21.1. The summed E-state index contributed by atoms with van der Waals surface area (Å²) >= 11 is 0. The lowest BCUT2D eigenvalue weighted by Crippen LogP contribution is -3.00. The summed E-state index contributed by atoms with van der Waals surface area (Å²) in [6.45, 7) is 12.2. The molecule has 0 aliphatic heterocycles. The van der Waals surface area contributed by atoms with Crippen molar-refractivity contribution >= 4 is 5.84 Å². The number of rotatable bonds is 7. The van der Waals surface area contributed by atoms with Gasteiger partial charge in [0.1, 0.15) is 0 Å². The molecular formula is C50H50BrN7O9. The summed E-state index contributed by atoms with van der Waals surface area (Å²) in [6.07, 6.45) is 0. The van der Waals surface area contributed by atoms with Gasteiger partial charge in [-0.2, -0.15) is 15.2 Å². The second-order valence-electron chi connectivity index (χ2n) is 14.9. The van der Waals surface area contributed by atoms with E-state index < -0.39 is 0 Å². The summed E-state index contributed by atoms with van der Waals surface area (Å²) in [6, 6.07) is 33.5. The molecule has 0 fully saturated rings. The number of ether oxygens (including phenoxy) is 2. The molecule has 6 aromatic carbocycles. The Labute approximate surface area is 397 Å². The van der Waals surface area contributed by atoms with Gasteiger partial charge in [-0.3, -0.25) is 0 Å². The minimum absolute atomic E-state index is 0. The van der Waals surface area contributed by atoms with Gasteiger partial charge >= 0.3 is 11.7 Å². The van der Waals surface area contributed by atoms with Crippen LogP contribution in [0, 0.1) is 52.9 Å². The highest BCUT2D eigenvalue weighted by molar-refractivity contribution is 5.97. The van der Waals surface area contributed by atoms with Crippen LogP contribution in [0.2, 0.25) is 0 Å². The van der Waals surface area contributed by atoms with Crippen LogP contribution in [0.25, 0.3) is 45.7 Å². The third kappa shape index (κ3) is 13.3. The van der Waals surface area contributed by atoms with Crippen molar-refractivity contribution in [3.05, 3.63) is 154 Å². The van der Waals surface area contributed by atoms with E-state index in [2.05, 4.69) is 57.5 Å². The number of hydrogen-bond acceptors (Lipinski definition) is 14. The predicted molar refractivity (Wildman–Crippen MR) is 247 cm³/mol. The van der Waals surface area contributed by atoms with Crippen LogP contribution in [0.15, 0.2) is 123 Å². The SMILES string of the molecule is COc1ccc(-c2nc(-c3ccc(C)c(C)c3)no2)cc1OC.Cc1ccc(/C(N)=N/O)cc1C.Cc1ccc(C#N)cc1C.Oc1ccc(-c2noc(-c3ccc(O)c(O)c3)[nH+]2)cc1O.[Br-]. The van der Waals surface area contributed by atoms with Crippen molar-refractivity contribution in [2.24, 2.45) is 10.9 Å². The molecule has 0 aliphatic carbocycles. The predicted octanol–water partition coefficient (Wildman–Crippen LogP) is 6.26. The Morgan fingerprint density at radius 1 is 0.597 bits per heavy atom. The van der Waals surface area contributed by atoms with Crippen LogP contribution in [-0.2, 0) is 0 Å². The van der Waals surface area contributed by atoms with Gasteiger partial charge in [0.05, 0.1) is 37.0 Å². The quantitative estimate of drug-likeness (QED) is 0.0339. The van der Waals surface area contributed by atoms with Crippen molar-refractivity contribution in [2.45, 2.75) is 41.5 Å². The average molecular weight is 973 g/mol. The van der Waals surface area contributed by atoms with E-state index in [1.165, 1.54) is 52.1 Å². The maximum atomic E-state index is 9.47. The summed E-state index contributed by atoms with van der Waals surface area (Å²) in [5.41, 5.74) is 16.8. The average Bonchev–Trinajstić information content (AvgIpc) is 4.03. The molecule has 16 nitrogen and oxygen atoms in total. The van der Waals surface area contributed by atoms with Gasteiger partial charge in [0.2, 0.25) is 5.82 Å². The highest BCUT2D eigenvalue weighted by Gasteiger charge is 2.21. The standard InChI is InChI=1S/C18H18N2O3.C14H10N2O5.C9H12N2O.C9H9N.BrH/c1-11-5-6-13(9-12(11)2)17-19-18(23-20-17)14-7-8-15(21-3)16(10-14)22-4;17-9-3-1-7(5-11(9)19)13-15-14(21-16-13)8-2-4-10(18)12(20)6-8;1-6-3-4-8(5-7(6)2)9(10)11-12;1-7-3-4-9(6-10)5-8(7)2;/h5-10H,1-4H3;1-6,17-20H;3-5,12H,1-2H3,(H2,10,11);3-5H,1-2H3;1H. The lowest BCUT2D eigenvalue weighted by atomic mass is 10.1.